The highest BCUT2D eigenvalue weighted by Gasteiger charge is 2.13. The van der Waals surface area contributed by atoms with Crippen molar-refractivity contribution >= 4 is 39.4 Å². The third kappa shape index (κ3) is 3.45. The molecular weight excluding hydrogens is 336 g/mol. The summed E-state index contributed by atoms with van der Waals surface area (Å²) >= 11 is 9.09. The van der Waals surface area contributed by atoms with Gasteiger partial charge in [0.25, 0.3) is 5.91 Å². The Morgan fingerprint density at radius 1 is 1.58 bits per heavy atom. The molecule has 0 fully saturated rings. The van der Waals surface area contributed by atoms with Crippen LogP contribution in [0.2, 0.25) is 5.02 Å². The average molecular weight is 346 g/mol. The Morgan fingerprint density at radius 2 is 2.37 bits per heavy atom. The Hall–Kier alpha value is -1.60. The van der Waals surface area contributed by atoms with Crippen LogP contribution in [0.3, 0.4) is 0 Å². The van der Waals surface area contributed by atoms with E-state index < -0.39 is 0 Å². The molecule has 2 N–H and O–H groups in total. The second-order valence-electron chi connectivity index (χ2n) is 3.48. The van der Waals surface area contributed by atoms with E-state index in [0.29, 0.717) is 21.7 Å². The lowest BCUT2D eigenvalue weighted by atomic mass is 10.2. The highest BCUT2D eigenvalue weighted by Crippen LogP contribution is 2.22. The number of hydrogen-bond donors (Lipinski definition) is 2. The van der Waals surface area contributed by atoms with Crippen LogP contribution in [0.5, 0.6) is 6.01 Å². The van der Waals surface area contributed by atoms with E-state index in [1.165, 1.54) is 0 Å². The molecule has 1 aromatic carbocycles. The van der Waals surface area contributed by atoms with Crippen LogP contribution in [0.15, 0.2) is 22.7 Å². The van der Waals surface area contributed by atoms with Crippen molar-refractivity contribution in [3.8, 4) is 6.01 Å². The Balaban J connectivity index is 2.11. The van der Waals surface area contributed by atoms with Gasteiger partial charge in [-0.3, -0.25) is 10.1 Å². The van der Waals surface area contributed by atoms with E-state index in [0.717, 1.165) is 0 Å². The molecular formula is C11H10BrClN4O2. The molecule has 0 radical (unpaired) electrons. The van der Waals surface area contributed by atoms with Gasteiger partial charge in [0.15, 0.2) is 0 Å². The van der Waals surface area contributed by atoms with Crippen molar-refractivity contribution in [2.45, 2.75) is 6.92 Å². The van der Waals surface area contributed by atoms with Gasteiger partial charge < -0.3 is 4.74 Å². The fraction of sp³-hybridized carbons (Fsp3) is 0.182. The Morgan fingerprint density at radius 3 is 3.05 bits per heavy atom. The highest BCUT2D eigenvalue weighted by atomic mass is 79.9. The van der Waals surface area contributed by atoms with Gasteiger partial charge in [0, 0.05) is 9.50 Å². The predicted molar refractivity (Wildman–Crippen MR) is 74.7 cm³/mol. The van der Waals surface area contributed by atoms with Crippen molar-refractivity contribution in [3.05, 3.63) is 33.3 Å². The van der Waals surface area contributed by atoms with Gasteiger partial charge in [-0.1, -0.05) is 11.6 Å². The number of anilines is 1. The third-order valence-electron chi connectivity index (χ3n) is 2.15. The number of hydrogen-bond acceptors (Lipinski definition) is 4. The summed E-state index contributed by atoms with van der Waals surface area (Å²) in [4.78, 5) is 16.0. The summed E-state index contributed by atoms with van der Waals surface area (Å²) in [7, 11) is 0. The smallest absolute Gasteiger partial charge is 0.337 e. The van der Waals surface area contributed by atoms with Crippen LogP contribution < -0.4 is 10.1 Å². The first-order valence-electron chi connectivity index (χ1n) is 5.41. The first-order chi connectivity index (χ1) is 9.10. The van der Waals surface area contributed by atoms with Crippen molar-refractivity contribution < 1.29 is 9.53 Å². The molecule has 1 amide bonds. The summed E-state index contributed by atoms with van der Waals surface area (Å²) in [6.45, 7) is 2.27. The lowest BCUT2D eigenvalue weighted by Gasteiger charge is -2.04. The summed E-state index contributed by atoms with van der Waals surface area (Å²) < 4.78 is 5.68. The molecule has 1 aromatic heterocycles. The number of benzene rings is 1. The van der Waals surface area contributed by atoms with Crippen LogP contribution in [0, 0.1) is 0 Å². The maximum absolute atomic E-state index is 12.0. The molecule has 0 aliphatic rings. The predicted octanol–water partition coefficient (Wildman–Crippen LogP) is 2.87. The number of nitrogens with zero attached hydrogens (tertiary/aromatic N) is 2. The number of halogens is 2. The fourth-order valence-corrected chi connectivity index (χ4v) is 2.21. The minimum Gasteiger partial charge on any atom is -0.463 e. The zero-order valence-corrected chi connectivity index (χ0v) is 12.2. The summed E-state index contributed by atoms with van der Waals surface area (Å²) in [6.07, 6.45) is 0. The molecule has 19 heavy (non-hydrogen) atoms. The van der Waals surface area contributed by atoms with E-state index in [-0.39, 0.29) is 17.9 Å². The molecule has 8 heteroatoms. The minimum atomic E-state index is -0.331. The van der Waals surface area contributed by atoms with E-state index >= 15 is 0 Å². The number of aromatic amines is 1. The molecule has 0 unspecified atom stereocenters. The van der Waals surface area contributed by atoms with Gasteiger partial charge in [0.05, 0.1) is 12.2 Å². The second-order valence-corrected chi connectivity index (χ2v) is 4.77. The summed E-state index contributed by atoms with van der Waals surface area (Å²) in [5, 5.41) is 9.47. The molecule has 2 aromatic rings. The number of H-pyrrole nitrogens is 1. The normalized spacial score (nSPS) is 10.3. The first kappa shape index (κ1) is 13.8. The lowest BCUT2D eigenvalue weighted by Crippen LogP contribution is -2.13. The number of ether oxygens (including phenoxy) is 1. The van der Waals surface area contributed by atoms with Crippen LogP contribution >= 0.6 is 27.5 Å². The molecule has 1 heterocycles. The van der Waals surface area contributed by atoms with Crippen molar-refractivity contribution in [1.82, 2.24) is 15.2 Å². The van der Waals surface area contributed by atoms with Crippen LogP contribution in [-0.4, -0.2) is 27.7 Å². The largest absolute Gasteiger partial charge is 0.463 e. The Labute approximate surface area is 122 Å². The quantitative estimate of drug-likeness (QED) is 0.893. The van der Waals surface area contributed by atoms with Crippen molar-refractivity contribution in [2.24, 2.45) is 0 Å². The van der Waals surface area contributed by atoms with Crippen molar-refractivity contribution in [3.63, 3.8) is 0 Å². The fourth-order valence-electron chi connectivity index (χ4n) is 1.34. The van der Waals surface area contributed by atoms with Crippen LogP contribution in [-0.2, 0) is 0 Å². The van der Waals surface area contributed by atoms with E-state index in [4.69, 9.17) is 16.3 Å². The molecule has 0 spiro atoms. The number of carbonyl (C=O) groups excluding carboxylic acids is 1. The molecule has 0 saturated carbocycles. The van der Waals surface area contributed by atoms with Gasteiger partial charge in [0.1, 0.15) is 0 Å². The van der Waals surface area contributed by atoms with E-state index in [9.17, 15) is 4.79 Å². The zero-order chi connectivity index (χ0) is 13.8. The van der Waals surface area contributed by atoms with E-state index in [2.05, 4.69) is 36.4 Å². The SMILES string of the molecule is CCOc1n[nH]c(NC(=O)c2ccc(Cl)cc2Br)n1. The monoisotopic (exact) mass is 344 g/mol. The molecule has 0 aliphatic heterocycles. The number of aromatic nitrogens is 3. The van der Waals surface area contributed by atoms with Crippen molar-refractivity contribution in [1.29, 1.82) is 0 Å². The van der Waals surface area contributed by atoms with Gasteiger partial charge in [-0.05, 0) is 41.1 Å². The maximum Gasteiger partial charge on any atom is 0.337 e. The van der Waals surface area contributed by atoms with Gasteiger partial charge in [-0.2, -0.15) is 4.98 Å². The average Bonchev–Trinajstić information content (AvgIpc) is 2.76. The standard InChI is InChI=1S/C11H10BrClN4O2/c1-2-19-11-15-10(16-17-11)14-9(18)7-4-3-6(13)5-8(7)12/h3-5H,2H2,1H3,(H2,14,15,16,17,18). The molecule has 0 aliphatic carbocycles. The molecule has 100 valence electrons. The summed E-state index contributed by atoms with van der Waals surface area (Å²) in [5.74, 6) is -0.113. The van der Waals surface area contributed by atoms with E-state index in [1.807, 2.05) is 6.92 Å². The number of rotatable bonds is 4. The van der Waals surface area contributed by atoms with Crippen LogP contribution in [0.4, 0.5) is 5.95 Å². The van der Waals surface area contributed by atoms with Gasteiger partial charge in [-0.25, -0.2) is 5.10 Å². The molecule has 0 saturated heterocycles. The van der Waals surface area contributed by atoms with Crippen LogP contribution in [0.25, 0.3) is 0 Å². The molecule has 2 rings (SSSR count). The molecule has 0 bridgehead atoms. The zero-order valence-electron chi connectivity index (χ0n) is 9.91. The van der Waals surface area contributed by atoms with Gasteiger partial charge in [-0.15, -0.1) is 5.10 Å². The third-order valence-corrected chi connectivity index (χ3v) is 3.04. The van der Waals surface area contributed by atoms with Gasteiger partial charge in [0.2, 0.25) is 5.95 Å². The molecule has 0 atom stereocenters. The molecule has 6 nitrogen and oxygen atoms in total. The summed E-state index contributed by atoms with van der Waals surface area (Å²) in [6, 6.07) is 5.07. The van der Waals surface area contributed by atoms with Crippen molar-refractivity contribution in [2.75, 3.05) is 11.9 Å². The number of carbonyl (C=O) groups is 1. The first-order valence-corrected chi connectivity index (χ1v) is 6.59. The van der Waals surface area contributed by atoms with Crippen LogP contribution in [0.1, 0.15) is 17.3 Å². The summed E-state index contributed by atoms with van der Waals surface area (Å²) in [5.41, 5.74) is 0.443. The second kappa shape index (κ2) is 6.03. The van der Waals surface area contributed by atoms with Gasteiger partial charge >= 0.3 is 6.01 Å². The highest BCUT2D eigenvalue weighted by molar-refractivity contribution is 9.10. The minimum absolute atomic E-state index is 0.188. The Kier molecular flexibility index (Phi) is 4.39. The number of amides is 1. The maximum atomic E-state index is 12.0. The topological polar surface area (TPSA) is 79.9 Å². The van der Waals surface area contributed by atoms with E-state index in [1.54, 1.807) is 18.2 Å². The Bertz CT molecular complexity index is 602. The number of nitrogens with one attached hydrogen (secondary N) is 2. The lowest BCUT2D eigenvalue weighted by molar-refractivity contribution is 0.102.